The number of piperidine rings is 1. The highest BCUT2D eigenvalue weighted by Crippen LogP contribution is 2.32. The number of nitro groups is 1. The fraction of sp³-hybridized carbons (Fsp3) is 0.462. The predicted octanol–water partition coefficient (Wildman–Crippen LogP) is 2.07. The Morgan fingerprint density at radius 1 is 1.43 bits per heavy atom. The van der Waals surface area contributed by atoms with E-state index in [0.29, 0.717) is 30.6 Å². The Morgan fingerprint density at radius 3 is 2.81 bits per heavy atom. The fourth-order valence-electron chi connectivity index (χ4n) is 2.59. The molecule has 2 aromatic rings. The van der Waals surface area contributed by atoms with Crippen LogP contribution in [-0.2, 0) is 0 Å². The largest absolute Gasteiger partial charge is 0.351 e. The molecule has 0 aliphatic carbocycles. The number of hydrogen-bond acceptors (Lipinski definition) is 7. The van der Waals surface area contributed by atoms with Crippen molar-refractivity contribution in [2.75, 3.05) is 18.0 Å². The average molecular weight is 289 g/mol. The van der Waals surface area contributed by atoms with E-state index in [-0.39, 0.29) is 11.6 Å². The normalized spacial score (nSPS) is 16.1. The van der Waals surface area contributed by atoms with Gasteiger partial charge in [-0.25, -0.2) is 4.98 Å². The molecule has 0 amide bonds. The van der Waals surface area contributed by atoms with Crippen LogP contribution in [0.1, 0.15) is 30.5 Å². The number of rotatable bonds is 3. The lowest BCUT2D eigenvalue weighted by atomic mass is 9.96. The molecular weight excluding hydrogens is 274 g/mol. The average Bonchev–Trinajstić information content (AvgIpc) is 2.94. The van der Waals surface area contributed by atoms with Gasteiger partial charge >= 0.3 is 5.69 Å². The molecule has 1 aliphatic heterocycles. The summed E-state index contributed by atoms with van der Waals surface area (Å²) in [5.74, 6) is 1.93. The molecule has 8 heteroatoms. The van der Waals surface area contributed by atoms with Gasteiger partial charge in [-0.15, -0.1) is 0 Å². The summed E-state index contributed by atoms with van der Waals surface area (Å²) in [7, 11) is 0. The molecule has 0 bridgehead atoms. The first-order valence-electron chi connectivity index (χ1n) is 6.79. The van der Waals surface area contributed by atoms with E-state index in [1.165, 1.54) is 6.07 Å². The van der Waals surface area contributed by atoms with E-state index in [4.69, 9.17) is 4.52 Å². The van der Waals surface area contributed by atoms with Gasteiger partial charge in [-0.2, -0.15) is 4.98 Å². The molecule has 1 fully saturated rings. The monoisotopic (exact) mass is 289 g/mol. The second-order valence-corrected chi connectivity index (χ2v) is 5.04. The number of hydrogen-bond donors (Lipinski definition) is 0. The summed E-state index contributed by atoms with van der Waals surface area (Å²) >= 11 is 0. The maximum atomic E-state index is 11.1. The number of pyridine rings is 1. The molecule has 0 aromatic carbocycles. The van der Waals surface area contributed by atoms with Crippen molar-refractivity contribution in [3.05, 3.63) is 40.2 Å². The van der Waals surface area contributed by atoms with Crippen molar-refractivity contribution in [2.45, 2.75) is 25.7 Å². The van der Waals surface area contributed by atoms with Crippen molar-refractivity contribution < 1.29 is 9.45 Å². The van der Waals surface area contributed by atoms with Crippen molar-refractivity contribution in [1.29, 1.82) is 0 Å². The standard InChI is InChI=1S/C13H15N5O3/c1-9-15-13(21-16-9)10-4-7-17(8-5-10)12-11(18(19)20)3-2-6-14-12/h2-3,6,10H,4-5,7-8H2,1H3. The summed E-state index contributed by atoms with van der Waals surface area (Å²) in [4.78, 5) is 21.0. The molecule has 0 saturated carbocycles. The van der Waals surface area contributed by atoms with E-state index in [1.807, 2.05) is 4.90 Å². The van der Waals surface area contributed by atoms with Crippen LogP contribution in [0.15, 0.2) is 22.9 Å². The van der Waals surface area contributed by atoms with Crippen molar-refractivity contribution in [3.8, 4) is 0 Å². The molecule has 2 aromatic heterocycles. The van der Waals surface area contributed by atoms with Crippen LogP contribution in [0.25, 0.3) is 0 Å². The minimum Gasteiger partial charge on any atom is -0.351 e. The highest BCUT2D eigenvalue weighted by atomic mass is 16.6. The summed E-state index contributed by atoms with van der Waals surface area (Å²) in [5.41, 5.74) is 0.0459. The van der Waals surface area contributed by atoms with E-state index in [2.05, 4.69) is 15.1 Å². The van der Waals surface area contributed by atoms with Crippen LogP contribution in [0.4, 0.5) is 11.5 Å². The van der Waals surface area contributed by atoms with Gasteiger partial charge < -0.3 is 9.42 Å². The Morgan fingerprint density at radius 2 is 2.19 bits per heavy atom. The first kappa shape index (κ1) is 13.5. The van der Waals surface area contributed by atoms with E-state index in [9.17, 15) is 10.1 Å². The summed E-state index contributed by atoms with van der Waals surface area (Å²) in [6.45, 7) is 3.16. The molecule has 1 saturated heterocycles. The molecule has 0 unspecified atom stereocenters. The van der Waals surface area contributed by atoms with Gasteiger partial charge in [0.05, 0.1) is 4.92 Å². The Kier molecular flexibility index (Phi) is 3.51. The maximum absolute atomic E-state index is 11.1. The molecule has 0 atom stereocenters. The lowest BCUT2D eigenvalue weighted by Crippen LogP contribution is -2.34. The lowest BCUT2D eigenvalue weighted by Gasteiger charge is -2.30. The molecule has 3 rings (SSSR count). The summed E-state index contributed by atoms with van der Waals surface area (Å²) in [6, 6.07) is 3.06. The van der Waals surface area contributed by atoms with Crippen LogP contribution < -0.4 is 4.90 Å². The number of nitrogens with zero attached hydrogens (tertiary/aromatic N) is 5. The third-order valence-corrected chi connectivity index (χ3v) is 3.65. The van der Waals surface area contributed by atoms with Gasteiger partial charge in [0.15, 0.2) is 5.82 Å². The quantitative estimate of drug-likeness (QED) is 0.630. The third kappa shape index (κ3) is 2.69. The number of anilines is 1. The minimum absolute atomic E-state index is 0.0459. The van der Waals surface area contributed by atoms with E-state index in [1.54, 1.807) is 19.2 Å². The fourth-order valence-corrected chi connectivity index (χ4v) is 2.59. The van der Waals surface area contributed by atoms with Gasteiger partial charge in [-0.05, 0) is 25.8 Å². The first-order valence-corrected chi connectivity index (χ1v) is 6.79. The van der Waals surface area contributed by atoms with Crippen molar-refractivity contribution >= 4 is 11.5 Å². The SMILES string of the molecule is Cc1noc(C2CCN(c3ncccc3[N+](=O)[O-])CC2)n1. The Bertz CT molecular complexity index is 649. The van der Waals surface area contributed by atoms with Crippen molar-refractivity contribution in [3.63, 3.8) is 0 Å². The van der Waals surface area contributed by atoms with Crippen molar-refractivity contribution in [1.82, 2.24) is 15.1 Å². The van der Waals surface area contributed by atoms with E-state index < -0.39 is 4.92 Å². The van der Waals surface area contributed by atoms with Gasteiger partial charge in [-0.1, -0.05) is 5.16 Å². The zero-order chi connectivity index (χ0) is 14.8. The van der Waals surface area contributed by atoms with Gasteiger partial charge in [0, 0.05) is 31.3 Å². The molecule has 0 N–H and O–H groups in total. The van der Waals surface area contributed by atoms with Crippen LogP contribution in [0, 0.1) is 17.0 Å². The summed E-state index contributed by atoms with van der Waals surface area (Å²) < 4.78 is 5.20. The summed E-state index contributed by atoms with van der Waals surface area (Å²) in [5, 5.41) is 14.9. The smallest absolute Gasteiger partial charge is 0.311 e. The second kappa shape index (κ2) is 5.47. The number of aryl methyl sites for hydroxylation is 1. The third-order valence-electron chi connectivity index (χ3n) is 3.65. The second-order valence-electron chi connectivity index (χ2n) is 5.04. The molecule has 1 aliphatic rings. The Labute approximate surface area is 120 Å². The highest BCUT2D eigenvalue weighted by molar-refractivity contribution is 5.57. The van der Waals surface area contributed by atoms with Crippen LogP contribution >= 0.6 is 0 Å². The number of aromatic nitrogens is 3. The predicted molar refractivity (Wildman–Crippen MR) is 74.1 cm³/mol. The summed E-state index contributed by atoms with van der Waals surface area (Å²) in [6.07, 6.45) is 3.21. The molecule has 21 heavy (non-hydrogen) atoms. The molecule has 3 heterocycles. The zero-order valence-electron chi connectivity index (χ0n) is 11.6. The van der Waals surface area contributed by atoms with E-state index in [0.717, 1.165) is 12.8 Å². The zero-order valence-corrected chi connectivity index (χ0v) is 11.6. The minimum atomic E-state index is -0.393. The Balaban J connectivity index is 1.73. The molecule has 8 nitrogen and oxygen atoms in total. The maximum Gasteiger partial charge on any atom is 0.311 e. The van der Waals surface area contributed by atoms with Gasteiger partial charge in [-0.3, -0.25) is 10.1 Å². The molecular formula is C13H15N5O3. The van der Waals surface area contributed by atoms with Crippen LogP contribution in [-0.4, -0.2) is 33.1 Å². The van der Waals surface area contributed by atoms with Crippen LogP contribution in [0.2, 0.25) is 0 Å². The molecule has 110 valence electrons. The lowest BCUT2D eigenvalue weighted by molar-refractivity contribution is -0.384. The molecule has 0 radical (unpaired) electrons. The van der Waals surface area contributed by atoms with Crippen LogP contribution in [0.3, 0.4) is 0 Å². The van der Waals surface area contributed by atoms with Crippen molar-refractivity contribution in [2.24, 2.45) is 0 Å². The van der Waals surface area contributed by atoms with E-state index >= 15 is 0 Å². The highest BCUT2D eigenvalue weighted by Gasteiger charge is 2.28. The van der Waals surface area contributed by atoms with Crippen LogP contribution in [0.5, 0.6) is 0 Å². The topological polar surface area (TPSA) is 98.2 Å². The first-order chi connectivity index (χ1) is 10.1. The Hall–Kier alpha value is -2.51. The van der Waals surface area contributed by atoms with Gasteiger partial charge in [0.2, 0.25) is 11.7 Å². The van der Waals surface area contributed by atoms with Gasteiger partial charge in [0.1, 0.15) is 0 Å². The van der Waals surface area contributed by atoms with Gasteiger partial charge in [0.25, 0.3) is 0 Å². The molecule has 0 spiro atoms.